The first-order valence-corrected chi connectivity index (χ1v) is 5.96. The van der Waals surface area contributed by atoms with E-state index in [9.17, 15) is 0 Å². The first-order chi connectivity index (χ1) is 8.79. The van der Waals surface area contributed by atoms with E-state index < -0.39 is 0 Å². The van der Waals surface area contributed by atoms with Crippen LogP contribution in [0.3, 0.4) is 0 Å². The summed E-state index contributed by atoms with van der Waals surface area (Å²) in [6.45, 7) is 0.607. The predicted molar refractivity (Wildman–Crippen MR) is 71.7 cm³/mol. The third-order valence-corrected chi connectivity index (χ3v) is 2.71. The standard InChI is InChI=1S/C13H14ClN3O/c1-18-11(10-5-3-2-4-6-10)7-16-13-9-15-8-12(14)17-13/h2-6,8-9,11H,7H2,1H3,(H,16,17). The molecule has 0 saturated carbocycles. The Morgan fingerprint density at radius 3 is 2.72 bits per heavy atom. The average molecular weight is 264 g/mol. The minimum absolute atomic E-state index is 0.0352. The van der Waals surface area contributed by atoms with Gasteiger partial charge in [0.05, 0.1) is 18.5 Å². The van der Waals surface area contributed by atoms with Crippen molar-refractivity contribution in [3.63, 3.8) is 0 Å². The summed E-state index contributed by atoms with van der Waals surface area (Å²) in [7, 11) is 1.68. The van der Waals surface area contributed by atoms with E-state index in [0.717, 1.165) is 5.56 Å². The molecule has 0 bridgehead atoms. The number of methoxy groups -OCH3 is 1. The molecule has 18 heavy (non-hydrogen) atoms. The second kappa shape index (κ2) is 6.33. The van der Waals surface area contributed by atoms with Gasteiger partial charge in [0.25, 0.3) is 0 Å². The quantitative estimate of drug-likeness (QED) is 0.901. The van der Waals surface area contributed by atoms with Crippen LogP contribution >= 0.6 is 11.6 Å². The highest BCUT2D eigenvalue weighted by molar-refractivity contribution is 6.29. The molecule has 0 amide bonds. The lowest BCUT2D eigenvalue weighted by molar-refractivity contribution is 0.114. The summed E-state index contributed by atoms with van der Waals surface area (Å²) in [5.74, 6) is 0.639. The molecule has 1 atom stereocenters. The molecule has 94 valence electrons. The number of hydrogen-bond donors (Lipinski definition) is 1. The molecule has 5 heteroatoms. The van der Waals surface area contributed by atoms with Gasteiger partial charge in [0.1, 0.15) is 11.0 Å². The van der Waals surface area contributed by atoms with Gasteiger partial charge in [-0.1, -0.05) is 41.9 Å². The number of hydrogen-bond acceptors (Lipinski definition) is 4. The third-order valence-electron chi connectivity index (χ3n) is 2.53. The van der Waals surface area contributed by atoms with Crippen molar-refractivity contribution >= 4 is 17.4 Å². The number of nitrogens with zero attached hydrogens (tertiary/aromatic N) is 2. The number of aromatic nitrogens is 2. The topological polar surface area (TPSA) is 47.0 Å². The first-order valence-electron chi connectivity index (χ1n) is 5.59. The van der Waals surface area contributed by atoms with Crippen molar-refractivity contribution in [2.24, 2.45) is 0 Å². The van der Waals surface area contributed by atoms with Crippen LogP contribution in [-0.4, -0.2) is 23.6 Å². The molecule has 2 aromatic rings. The van der Waals surface area contributed by atoms with Gasteiger partial charge in [-0.2, -0.15) is 0 Å². The highest BCUT2D eigenvalue weighted by atomic mass is 35.5. The number of halogens is 1. The summed E-state index contributed by atoms with van der Waals surface area (Å²) >= 11 is 5.77. The molecular weight excluding hydrogens is 250 g/mol. The molecule has 1 N–H and O–H groups in total. The second-order valence-corrected chi connectivity index (χ2v) is 4.13. The number of rotatable bonds is 5. The smallest absolute Gasteiger partial charge is 0.149 e. The number of ether oxygens (including phenoxy) is 1. The Balaban J connectivity index is 2.00. The molecular formula is C13H14ClN3O. The van der Waals surface area contributed by atoms with Crippen molar-refractivity contribution in [3.8, 4) is 0 Å². The van der Waals surface area contributed by atoms with Crippen LogP contribution in [0.1, 0.15) is 11.7 Å². The van der Waals surface area contributed by atoms with Crippen LogP contribution in [0.15, 0.2) is 42.7 Å². The molecule has 2 rings (SSSR count). The molecule has 1 aromatic carbocycles. The van der Waals surface area contributed by atoms with Gasteiger partial charge in [-0.15, -0.1) is 0 Å². The average Bonchev–Trinajstić information content (AvgIpc) is 2.41. The zero-order valence-electron chi connectivity index (χ0n) is 10.0. The summed E-state index contributed by atoms with van der Waals surface area (Å²) < 4.78 is 5.44. The van der Waals surface area contributed by atoms with Crippen molar-refractivity contribution in [2.45, 2.75) is 6.10 Å². The van der Waals surface area contributed by atoms with Crippen LogP contribution in [0.5, 0.6) is 0 Å². The Hall–Kier alpha value is -1.65. The van der Waals surface area contributed by atoms with Gasteiger partial charge in [0, 0.05) is 13.7 Å². The van der Waals surface area contributed by atoms with E-state index in [1.165, 1.54) is 6.20 Å². The Labute approximate surface area is 111 Å². The molecule has 0 aliphatic carbocycles. The van der Waals surface area contributed by atoms with Crippen LogP contribution in [0.4, 0.5) is 5.82 Å². The highest BCUT2D eigenvalue weighted by Gasteiger charge is 2.09. The van der Waals surface area contributed by atoms with Gasteiger partial charge in [-0.25, -0.2) is 4.98 Å². The summed E-state index contributed by atoms with van der Waals surface area (Å²) in [6.07, 6.45) is 3.09. The zero-order valence-corrected chi connectivity index (χ0v) is 10.8. The molecule has 0 aliphatic heterocycles. The minimum atomic E-state index is -0.0352. The fourth-order valence-electron chi connectivity index (χ4n) is 1.63. The second-order valence-electron chi connectivity index (χ2n) is 3.74. The molecule has 0 saturated heterocycles. The van der Waals surface area contributed by atoms with Crippen LogP contribution in [0.2, 0.25) is 5.15 Å². The highest BCUT2D eigenvalue weighted by Crippen LogP contribution is 2.17. The van der Waals surface area contributed by atoms with Crippen molar-refractivity contribution in [1.29, 1.82) is 0 Å². The zero-order chi connectivity index (χ0) is 12.8. The molecule has 0 spiro atoms. The largest absolute Gasteiger partial charge is 0.375 e. The lowest BCUT2D eigenvalue weighted by Crippen LogP contribution is -2.15. The SMILES string of the molecule is COC(CNc1cncc(Cl)n1)c1ccccc1. The van der Waals surface area contributed by atoms with Gasteiger partial charge in [0.15, 0.2) is 0 Å². The van der Waals surface area contributed by atoms with E-state index in [1.54, 1.807) is 13.3 Å². The summed E-state index contributed by atoms with van der Waals surface area (Å²) in [6, 6.07) is 10.0. The molecule has 0 fully saturated rings. The van der Waals surface area contributed by atoms with Gasteiger partial charge in [0.2, 0.25) is 0 Å². The maximum absolute atomic E-state index is 5.77. The number of anilines is 1. The van der Waals surface area contributed by atoms with Crippen molar-refractivity contribution in [2.75, 3.05) is 19.0 Å². The summed E-state index contributed by atoms with van der Waals surface area (Å²) in [5.41, 5.74) is 1.11. The van der Waals surface area contributed by atoms with Crippen molar-refractivity contribution < 1.29 is 4.74 Å². The fourth-order valence-corrected chi connectivity index (χ4v) is 1.78. The van der Waals surface area contributed by atoms with E-state index in [0.29, 0.717) is 17.5 Å². The van der Waals surface area contributed by atoms with Crippen LogP contribution in [0, 0.1) is 0 Å². The Morgan fingerprint density at radius 2 is 2.06 bits per heavy atom. The lowest BCUT2D eigenvalue weighted by atomic mass is 10.1. The van der Waals surface area contributed by atoms with E-state index in [4.69, 9.17) is 16.3 Å². The maximum Gasteiger partial charge on any atom is 0.149 e. The van der Waals surface area contributed by atoms with E-state index in [2.05, 4.69) is 15.3 Å². The van der Waals surface area contributed by atoms with Crippen molar-refractivity contribution in [1.82, 2.24) is 9.97 Å². The molecule has 1 unspecified atom stereocenters. The normalized spacial score (nSPS) is 12.1. The van der Waals surface area contributed by atoms with Gasteiger partial charge >= 0.3 is 0 Å². The number of nitrogens with one attached hydrogen (secondary N) is 1. The molecule has 0 radical (unpaired) electrons. The van der Waals surface area contributed by atoms with E-state index in [-0.39, 0.29) is 6.10 Å². The monoisotopic (exact) mass is 263 g/mol. The minimum Gasteiger partial charge on any atom is -0.375 e. The molecule has 4 nitrogen and oxygen atoms in total. The maximum atomic E-state index is 5.77. The Bertz CT molecular complexity index is 493. The third kappa shape index (κ3) is 3.42. The lowest BCUT2D eigenvalue weighted by Gasteiger charge is -2.16. The molecule has 1 aromatic heterocycles. The first kappa shape index (κ1) is 12.8. The predicted octanol–water partition coefficient (Wildman–Crippen LogP) is 2.93. The molecule has 1 heterocycles. The van der Waals surface area contributed by atoms with Crippen LogP contribution < -0.4 is 5.32 Å². The molecule has 0 aliphatic rings. The van der Waals surface area contributed by atoms with E-state index >= 15 is 0 Å². The van der Waals surface area contributed by atoms with Gasteiger partial charge in [-0.05, 0) is 5.56 Å². The van der Waals surface area contributed by atoms with Crippen LogP contribution in [0.25, 0.3) is 0 Å². The van der Waals surface area contributed by atoms with Crippen LogP contribution in [-0.2, 0) is 4.74 Å². The number of benzene rings is 1. The Kier molecular flexibility index (Phi) is 4.50. The Morgan fingerprint density at radius 1 is 1.28 bits per heavy atom. The summed E-state index contributed by atoms with van der Waals surface area (Å²) in [5, 5.41) is 3.52. The summed E-state index contributed by atoms with van der Waals surface area (Å²) in [4.78, 5) is 8.07. The van der Waals surface area contributed by atoms with Gasteiger partial charge in [-0.3, -0.25) is 4.98 Å². The van der Waals surface area contributed by atoms with Gasteiger partial charge < -0.3 is 10.1 Å². The van der Waals surface area contributed by atoms with Crippen molar-refractivity contribution in [3.05, 3.63) is 53.4 Å². The van der Waals surface area contributed by atoms with E-state index in [1.807, 2.05) is 30.3 Å². The fraction of sp³-hybridized carbons (Fsp3) is 0.231.